The van der Waals surface area contributed by atoms with E-state index in [0.717, 1.165) is 29.2 Å². The molecule has 5 rings (SSSR count). The number of carbonyl (C=O) groups is 2. The van der Waals surface area contributed by atoms with Crippen molar-refractivity contribution in [3.8, 4) is 17.6 Å². The van der Waals surface area contributed by atoms with Crippen LogP contribution in [-0.2, 0) is 17.4 Å². The molecule has 0 aliphatic heterocycles. The third-order valence-corrected chi connectivity index (χ3v) is 6.83. The zero-order chi connectivity index (χ0) is 32.7. The molecule has 1 atom stereocenters. The maximum absolute atomic E-state index is 13.9. The van der Waals surface area contributed by atoms with E-state index in [1.165, 1.54) is 61.1 Å². The van der Waals surface area contributed by atoms with Crippen molar-refractivity contribution in [3.05, 3.63) is 143 Å². The van der Waals surface area contributed by atoms with Gasteiger partial charge in [-0.05, 0) is 84.8 Å². The number of aromatic nitrogens is 1. The first kappa shape index (κ1) is 31.5. The molecule has 0 saturated heterocycles. The minimum Gasteiger partial charge on any atom is -0.459 e. The molecule has 2 amide bonds. The quantitative estimate of drug-likeness (QED) is 0.163. The van der Waals surface area contributed by atoms with Gasteiger partial charge in [0.05, 0.1) is 17.4 Å². The fourth-order valence-electron chi connectivity index (χ4n) is 4.66. The maximum Gasteiger partial charge on any atom is 0.416 e. The standard InChI is InChI=1S/C34H24F4N4O4/c35-26-6-1-4-22(18-26)14-16-41-32(43)31(23-5-2-15-40-21-23)42(33(44)30-7-3-17-45-30)27-10-13-29(24(19-27)20-39)46-28-11-8-25(9-12-28)34(36,37)38/h1-13,15,17-19,21,31H,14,16H2,(H,41,43). The van der Waals surface area contributed by atoms with Gasteiger partial charge in [-0.1, -0.05) is 18.2 Å². The highest BCUT2D eigenvalue weighted by atomic mass is 19.4. The molecule has 2 heterocycles. The third kappa shape index (κ3) is 7.39. The summed E-state index contributed by atoms with van der Waals surface area (Å²) >= 11 is 0. The van der Waals surface area contributed by atoms with Crippen molar-refractivity contribution < 1.29 is 36.3 Å². The van der Waals surface area contributed by atoms with Crippen LogP contribution in [-0.4, -0.2) is 23.3 Å². The number of nitrogens with one attached hydrogen (secondary N) is 1. The SMILES string of the molecule is N#Cc1cc(N(C(=O)c2ccco2)C(C(=O)NCCc2cccc(F)c2)c2cccnc2)ccc1Oc1ccc(C(F)(F)F)cc1. The first-order valence-electron chi connectivity index (χ1n) is 13.8. The molecule has 3 aromatic carbocycles. The topological polar surface area (TPSA) is 108 Å². The summed E-state index contributed by atoms with van der Waals surface area (Å²) < 4.78 is 63.7. The smallest absolute Gasteiger partial charge is 0.416 e. The Morgan fingerprint density at radius 2 is 1.80 bits per heavy atom. The number of nitrogens with zero attached hydrogens (tertiary/aromatic N) is 3. The van der Waals surface area contributed by atoms with Crippen molar-refractivity contribution in [1.82, 2.24) is 10.3 Å². The fraction of sp³-hybridized carbons (Fsp3) is 0.118. The number of halogens is 4. The molecule has 0 radical (unpaired) electrons. The Kier molecular flexibility index (Phi) is 9.42. The fourth-order valence-corrected chi connectivity index (χ4v) is 4.66. The summed E-state index contributed by atoms with van der Waals surface area (Å²) in [4.78, 5) is 33.0. The van der Waals surface area contributed by atoms with Crippen molar-refractivity contribution in [3.63, 3.8) is 0 Å². The van der Waals surface area contributed by atoms with E-state index in [4.69, 9.17) is 9.15 Å². The summed E-state index contributed by atoms with van der Waals surface area (Å²) in [6.07, 6.45) is 0.00255. The number of rotatable bonds is 10. The van der Waals surface area contributed by atoms with E-state index in [-0.39, 0.29) is 35.1 Å². The molecule has 8 nitrogen and oxygen atoms in total. The molecule has 1 unspecified atom stereocenters. The predicted octanol–water partition coefficient (Wildman–Crippen LogP) is 7.24. The van der Waals surface area contributed by atoms with Gasteiger partial charge in [-0.15, -0.1) is 0 Å². The van der Waals surface area contributed by atoms with Crippen LogP contribution in [0, 0.1) is 17.1 Å². The summed E-state index contributed by atoms with van der Waals surface area (Å²) in [6.45, 7) is 0.116. The van der Waals surface area contributed by atoms with Crippen molar-refractivity contribution >= 4 is 17.5 Å². The van der Waals surface area contributed by atoms with Gasteiger partial charge in [0.25, 0.3) is 5.91 Å². The number of ether oxygens (including phenoxy) is 1. The lowest BCUT2D eigenvalue weighted by molar-refractivity contribution is -0.137. The minimum absolute atomic E-state index is 0.00822. The number of alkyl halides is 3. The van der Waals surface area contributed by atoms with Crippen LogP contribution >= 0.6 is 0 Å². The lowest BCUT2D eigenvalue weighted by Crippen LogP contribution is -2.44. The monoisotopic (exact) mass is 628 g/mol. The zero-order valence-corrected chi connectivity index (χ0v) is 23.9. The normalized spacial score (nSPS) is 11.7. The Labute approximate surface area is 260 Å². The number of anilines is 1. The number of hydrogen-bond donors (Lipinski definition) is 1. The molecular weight excluding hydrogens is 604 g/mol. The second kappa shape index (κ2) is 13.8. The molecule has 0 aliphatic rings. The van der Waals surface area contributed by atoms with Gasteiger partial charge in [-0.3, -0.25) is 19.5 Å². The second-order valence-corrected chi connectivity index (χ2v) is 9.93. The molecule has 0 bridgehead atoms. The van der Waals surface area contributed by atoms with Gasteiger partial charge in [0.2, 0.25) is 5.91 Å². The van der Waals surface area contributed by atoms with E-state index in [0.29, 0.717) is 17.5 Å². The average Bonchev–Trinajstić information content (AvgIpc) is 3.59. The van der Waals surface area contributed by atoms with Crippen molar-refractivity contribution in [1.29, 1.82) is 5.26 Å². The van der Waals surface area contributed by atoms with Gasteiger partial charge in [-0.2, -0.15) is 18.4 Å². The molecule has 0 saturated carbocycles. The molecule has 46 heavy (non-hydrogen) atoms. The van der Waals surface area contributed by atoms with Gasteiger partial charge in [0, 0.05) is 30.2 Å². The first-order valence-corrected chi connectivity index (χ1v) is 13.8. The number of carbonyl (C=O) groups excluding carboxylic acids is 2. The second-order valence-electron chi connectivity index (χ2n) is 9.93. The minimum atomic E-state index is -4.53. The number of pyridine rings is 1. The average molecular weight is 629 g/mol. The number of benzene rings is 3. The van der Waals surface area contributed by atoms with Gasteiger partial charge < -0.3 is 14.5 Å². The molecule has 0 fully saturated rings. The highest BCUT2D eigenvalue weighted by molar-refractivity contribution is 6.08. The van der Waals surface area contributed by atoms with E-state index < -0.39 is 35.4 Å². The van der Waals surface area contributed by atoms with E-state index in [9.17, 15) is 32.4 Å². The molecule has 0 aliphatic carbocycles. The highest BCUT2D eigenvalue weighted by Crippen LogP contribution is 2.35. The van der Waals surface area contributed by atoms with Gasteiger partial charge >= 0.3 is 6.18 Å². The Balaban J connectivity index is 1.50. The summed E-state index contributed by atoms with van der Waals surface area (Å²) in [5.74, 6) is -1.75. The van der Waals surface area contributed by atoms with E-state index in [1.807, 2.05) is 6.07 Å². The first-order chi connectivity index (χ1) is 22.1. The van der Waals surface area contributed by atoms with Crippen molar-refractivity contribution in [2.24, 2.45) is 0 Å². The lowest BCUT2D eigenvalue weighted by atomic mass is 10.0. The Bertz CT molecular complexity index is 1860. The molecule has 2 aromatic heterocycles. The number of nitriles is 1. The predicted molar refractivity (Wildman–Crippen MR) is 158 cm³/mol. The van der Waals surface area contributed by atoms with Crippen LogP contribution in [0.1, 0.15) is 38.9 Å². The molecule has 232 valence electrons. The summed E-state index contributed by atoms with van der Waals surface area (Å²) in [5, 5.41) is 12.8. The Hall–Kier alpha value is -5.96. The van der Waals surface area contributed by atoms with Gasteiger partial charge in [0.15, 0.2) is 5.76 Å². The van der Waals surface area contributed by atoms with E-state index in [2.05, 4.69) is 10.3 Å². The van der Waals surface area contributed by atoms with E-state index >= 15 is 0 Å². The summed E-state index contributed by atoms with van der Waals surface area (Å²) in [7, 11) is 0. The van der Waals surface area contributed by atoms with Gasteiger partial charge in [-0.25, -0.2) is 4.39 Å². The molecule has 12 heteroatoms. The molecule has 1 N–H and O–H groups in total. The van der Waals surface area contributed by atoms with Crippen LogP contribution in [0.5, 0.6) is 11.5 Å². The Morgan fingerprint density at radius 3 is 2.46 bits per heavy atom. The largest absolute Gasteiger partial charge is 0.459 e. The number of amides is 2. The summed E-state index contributed by atoms with van der Waals surface area (Å²) in [6, 6.07) is 20.8. The van der Waals surface area contributed by atoms with Crippen LogP contribution in [0.25, 0.3) is 0 Å². The number of furan rings is 1. The molecular formula is C34H24F4N4O4. The van der Waals surface area contributed by atoms with Crippen molar-refractivity contribution in [2.45, 2.75) is 18.6 Å². The van der Waals surface area contributed by atoms with Crippen molar-refractivity contribution in [2.75, 3.05) is 11.4 Å². The molecule has 5 aromatic rings. The summed E-state index contributed by atoms with van der Waals surface area (Å²) in [5.41, 5.74) is 0.190. The highest BCUT2D eigenvalue weighted by Gasteiger charge is 2.35. The lowest BCUT2D eigenvalue weighted by Gasteiger charge is -2.31. The third-order valence-electron chi connectivity index (χ3n) is 6.83. The Morgan fingerprint density at radius 1 is 1.00 bits per heavy atom. The maximum atomic E-state index is 13.9. The van der Waals surface area contributed by atoms with Crippen LogP contribution in [0.3, 0.4) is 0 Å². The van der Waals surface area contributed by atoms with Gasteiger partial charge in [0.1, 0.15) is 29.4 Å². The van der Waals surface area contributed by atoms with E-state index in [1.54, 1.807) is 24.3 Å². The van der Waals surface area contributed by atoms with Crippen LogP contribution in [0.4, 0.5) is 23.2 Å². The van der Waals surface area contributed by atoms with Crippen LogP contribution in [0.2, 0.25) is 0 Å². The molecule has 0 spiro atoms. The zero-order valence-electron chi connectivity index (χ0n) is 23.9. The van der Waals surface area contributed by atoms with Crippen LogP contribution < -0.4 is 15.0 Å². The number of hydrogen-bond acceptors (Lipinski definition) is 6. The van der Waals surface area contributed by atoms with Crippen LogP contribution in [0.15, 0.2) is 114 Å².